The lowest BCUT2D eigenvalue weighted by Crippen LogP contribution is -2.30. The fourth-order valence-electron chi connectivity index (χ4n) is 6.74. The van der Waals surface area contributed by atoms with Crippen molar-refractivity contribution in [3.8, 4) is 0 Å². The average molecular weight is 574 g/mol. The molecule has 0 aromatic heterocycles. The maximum Gasteiger partial charge on any atom is 0.317 e. The predicted octanol–water partition coefficient (Wildman–Crippen LogP) is 5.82. The summed E-state index contributed by atoms with van der Waals surface area (Å²) in [4.78, 5) is 27.0. The Morgan fingerprint density at radius 3 is 1.70 bits per heavy atom. The summed E-state index contributed by atoms with van der Waals surface area (Å²) in [7, 11) is 2.91. The smallest absolute Gasteiger partial charge is 0.317 e. The van der Waals surface area contributed by atoms with E-state index < -0.39 is 10.8 Å². The number of esters is 2. The normalized spacial score (nSPS) is 33.5. The third-order valence-corrected chi connectivity index (χ3v) is 9.13. The van der Waals surface area contributed by atoms with Crippen molar-refractivity contribution in [3.05, 3.63) is 80.3 Å². The first-order chi connectivity index (χ1) is 15.8. The zero-order chi connectivity index (χ0) is 23.7. The second kappa shape index (κ2) is 7.81. The fraction of sp³-hybridized carbons (Fsp3) is 0.407. The number of rotatable bonds is 5. The summed E-state index contributed by atoms with van der Waals surface area (Å²) in [5.74, 6) is -0.264. The summed E-state index contributed by atoms with van der Waals surface area (Å²) in [6, 6.07) is 15.9. The average Bonchev–Trinajstić information content (AvgIpc) is 3.69. The van der Waals surface area contributed by atoms with E-state index >= 15 is 0 Å². The highest BCUT2D eigenvalue weighted by Crippen LogP contribution is 2.81. The molecule has 3 aliphatic carbocycles. The van der Waals surface area contributed by atoms with Crippen molar-refractivity contribution in [1.82, 2.24) is 0 Å². The largest absolute Gasteiger partial charge is 0.468 e. The van der Waals surface area contributed by atoms with E-state index in [-0.39, 0.29) is 41.5 Å². The van der Waals surface area contributed by atoms with E-state index in [1.807, 2.05) is 48.5 Å². The van der Waals surface area contributed by atoms with Gasteiger partial charge in [-0.1, -0.05) is 81.6 Å². The SMILES string of the molecule is COC(=O)[C@]1(c2ccc(Br)cc2)[C@H]2[C@H]3[C@@H](C(C(C)C)=C[C@H]21)[C@@]3(C(=O)OC)c1ccc(Br)cc1. The lowest BCUT2D eigenvalue weighted by molar-refractivity contribution is -0.146. The molecule has 0 saturated heterocycles. The highest BCUT2D eigenvalue weighted by atomic mass is 79.9. The Labute approximate surface area is 211 Å². The molecule has 2 aromatic carbocycles. The maximum atomic E-state index is 13.5. The van der Waals surface area contributed by atoms with Gasteiger partial charge in [0.15, 0.2) is 0 Å². The summed E-state index contributed by atoms with van der Waals surface area (Å²) in [5.41, 5.74) is 1.53. The lowest BCUT2D eigenvalue weighted by atomic mass is 9.84. The van der Waals surface area contributed by atoms with Crippen LogP contribution in [-0.2, 0) is 29.9 Å². The molecule has 33 heavy (non-hydrogen) atoms. The van der Waals surface area contributed by atoms with Gasteiger partial charge in [0.1, 0.15) is 10.8 Å². The van der Waals surface area contributed by atoms with E-state index in [0.717, 1.165) is 20.1 Å². The van der Waals surface area contributed by atoms with E-state index in [0.29, 0.717) is 0 Å². The standard InChI is InChI=1S/C27H26Br2O4/c1-14(2)19-13-20-22(26(20,24(30)32-3)15-5-9-17(28)10-6-15)23-21(19)27(23,25(31)33-4)16-7-11-18(29)12-8-16/h5-14,20-23H,1-4H3/t20-,21-,22-,23-,26+,27+/m1/s1. The molecule has 0 unspecified atom stereocenters. The molecule has 2 fully saturated rings. The zero-order valence-electron chi connectivity index (χ0n) is 19.0. The molecule has 0 radical (unpaired) electrons. The number of halogens is 2. The Hall–Kier alpha value is -1.92. The molecule has 172 valence electrons. The van der Waals surface area contributed by atoms with Gasteiger partial charge in [-0.2, -0.15) is 0 Å². The van der Waals surface area contributed by atoms with Gasteiger partial charge in [0.05, 0.1) is 14.2 Å². The van der Waals surface area contributed by atoms with Crippen LogP contribution in [0.15, 0.2) is 69.1 Å². The van der Waals surface area contributed by atoms with Gasteiger partial charge in [-0.15, -0.1) is 0 Å². The van der Waals surface area contributed by atoms with Crippen molar-refractivity contribution in [3.63, 3.8) is 0 Å². The molecule has 6 atom stereocenters. The van der Waals surface area contributed by atoms with E-state index in [4.69, 9.17) is 9.47 Å². The Kier molecular flexibility index (Phi) is 5.41. The van der Waals surface area contributed by atoms with Gasteiger partial charge >= 0.3 is 11.9 Å². The van der Waals surface area contributed by atoms with Gasteiger partial charge in [-0.25, -0.2) is 0 Å². The van der Waals surface area contributed by atoms with Crippen LogP contribution in [0.25, 0.3) is 0 Å². The Morgan fingerprint density at radius 1 is 0.788 bits per heavy atom. The topological polar surface area (TPSA) is 52.6 Å². The van der Waals surface area contributed by atoms with Crippen molar-refractivity contribution >= 4 is 43.8 Å². The van der Waals surface area contributed by atoms with Crippen LogP contribution in [0.2, 0.25) is 0 Å². The zero-order valence-corrected chi connectivity index (χ0v) is 22.1. The predicted molar refractivity (Wildman–Crippen MR) is 133 cm³/mol. The number of carbonyl (C=O) groups excluding carboxylic acids is 2. The first-order valence-electron chi connectivity index (χ1n) is 11.2. The van der Waals surface area contributed by atoms with E-state index in [9.17, 15) is 9.59 Å². The van der Waals surface area contributed by atoms with Gasteiger partial charge in [0.2, 0.25) is 0 Å². The number of hydrogen-bond acceptors (Lipinski definition) is 4. The minimum absolute atomic E-state index is 0.00763. The van der Waals surface area contributed by atoms with Crippen LogP contribution in [0.5, 0.6) is 0 Å². The van der Waals surface area contributed by atoms with Crippen LogP contribution in [0, 0.1) is 29.6 Å². The van der Waals surface area contributed by atoms with E-state index in [1.165, 1.54) is 19.8 Å². The highest BCUT2D eigenvalue weighted by Gasteiger charge is 2.87. The number of benzene rings is 2. The molecule has 0 amide bonds. The molecule has 0 spiro atoms. The van der Waals surface area contributed by atoms with Gasteiger partial charge < -0.3 is 9.47 Å². The van der Waals surface area contributed by atoms with Gasteiger partial charge in [-0.3, -0.25) is 9.59 Å². The van der Waals surface area contributed by atoms with Crippen LogP contribution in [-0.4, -0.2) is 26.2 Å². The number of hydrogen-bond donors (Lipinski definition) is 0. The van der Waals surface area contributed by atoms with Crippen molar-refractivity contribution in [2.45, 2.75) is 24.7 Å². The first-order valence-corrected chi connectivity index (χ1v) is 12.7. The number of fused-ring (bicyclic) bond motifs is 3. The van der Waals surface area contributed by atoms with Gasteiger partial charge in [0.25, 0.3) is 0 Å². The molecule has 3 aliphatic rings. The van der Waals surface area contributed by atoms with Crippen LogP contribution < -0.4 is 0 Å². The summed E-state index contributed by atoms with van der Waals surface area (Å²) >= 11 is 7.01. The molecule has 0 N–H and O–H groups in total. The quantitative estimate of drug-likeness (QED) is 0.334. The van der Waals surface area contributed by atoms with Crippen LogP contribution in [0.3, 0.4) is 0 Å². The van der Waals surface area contributed by atoms with Crippen LogP contribution in [0.1, 0.15) is 25.0 Å². The highest BCUT2D eigenvalue weighted by molar-refractivity contribution is 9.10. The van der Waals surface area contributed by atoms with Crippen molar-refractivity contribution in [2.75, 3.05) is 14.2 Å². The van der Waals surface area contributed by atoms with E-state index in [2.05, 4.69) is 51.8 Å². The monoisotopic (exact) mass is 572 g/mol. The molecule has 0 heterocycles. The Bertz CT molecular complexity index is 1150. The van der Waals surface area contributed by atoms with Crippen LogP contribution in [0.4, 0.5) is 0 Å². The van der Waals surface area contributed by atoms with Gasteiger partial charge in [0, 0.05) is 20.8 Å². The molecular weight excluding hydrogens is 548 g/mol. The summed E-state index contributed by atoms with van der Waals surface area (Å²) < 4.78 is 12.7. The summed E-state index contributed by atoms with van der Waals surface area (Å²) in [6.07, 6.45) is 2.26. The second-order valence-electron chi connectivity index (χ2n) is 9.61. The third kappa shape index (κ3) is 2.92. The lowest BCUT2D eigenvalue weighted by Gasteiger charge is -2.21. The minimum Gasteiger partial charge on any atom is -0.468 e. The van der Waals surface area contributed by atoms with Crippen LogP contribution >= 0.6 is 31.9 Å². The molecule has 0 bridgehead atoms. The number of carbonyl (C=O) groups is 2. The third-order valence-electron chi connectivity index (χ3n) is 8.07. The molecule has 2 saturated carbocycles. The van der Waals surface area contributed by atoms with Crippen molar-refractivity contribution in [2.24, 2.45) is 29.6 Å². The first kappa shape index (κ1) is 22.9. The summed E-state index contributed by atoms with van der Waals surface area (Å²) in [6.45, 7) is 4.32. The summed E-state index contributed by atoms with van der Waals surface area (Å²) in [5, 5.41) is 0. The van der Waals surface area contributed by atoms with Gasteiger partial charge in [-0.05, 0) is 53.1 Å². The molecular formula is C27H26Br2O4. The molecule has 5 rings (SSSR count). The molecule has 4 nitrogen and oxygen atoms in total. The molecule has 6 heteroatoms. The molecule has 0 aliphatic heterocycles. The van der Waals surface area contributed by atoms with Crippen molar-refractivity contribution < 1.29 is 19.1 Å². The maximum absolute atomic E-state index is 13.5. The number of ether oxygens (including phenoxy) is 2. The van der Waals surface area contributed by atoms with Crippen molar-refractivity contribution in [1.29, 1.82) is 0 Å². The Morgan fingerprint density at radius 2 is 1.24 bits per heavy atom. The van der Waals surface area contributed by atoms with E-state index in [1.54, 1.807) is 0 Å². The fourth-order valence-corrected chi connectivity index (χ4v) is 7.27. The molecule has 2 aromatic rings. The Balaban J connectivity index is 1.71. The second-order valence-corrected chi connectivity index (χ2v) is 11.4. The minimum atomic E-state index is -0.796. The number of methoxy groups -OCH3 is 2. The number of allylic oxidation sites excluding steroid dienone is 2.